The van der Waals surface area contributed by atoms with Crippen molar-refractivity contribution in [3.8, 4) is 0 Å². The Morgan fingerprint density at radius 2 is 1.76 bits per heavy atom. The third-order valence-corrected chi connectivity index (χ3v) is 6.59. The van der Waals surface area contributed by atoms with E-state index in [-0.39, 0.29) is 11.3 Å². The van der Waals surface area contributed by atoms with Crippen LogP contribution in [0.15, 0.2) is 79.0 Å². The summed E-state index contributed by atoms with van der Waals surface area (Å²) in [5, 5.41) is 4.61. The Kier molecular flexibility index (Phi) is 5.80. The number of methoxy groups -OCH3 is 1. The molecular formula is C29H29N3O2. The standard InChI is InChI=1S/C29H29N3O2/c1-29(2,19-34-3)23-12-14-24(15-13-23)32-18-22-9-5-11-25(26(22)28(32)33)31-17-21-8-4-7-20-10-6-16-30-27(20)21/h4-16,31H,17-19H2,1-3H3. The van der Waals surface area contributed by atoms with Crippen molar-refractivity contribution in [3.05, 3.63) is 101 Å². The molecule has 0 bridgehead atoms. The van der Waals surface area contributed by atoms with Crippen molar-refractivity contribution < 1.29 is 9.53 Å². The van der Waals surface area contributed by atoms with E-state index in [9.17, 15) is 4.79 Å². The first-order valence-electron chi connectivity index (χ1n) is 11.6. The number of anilines is 2. The van der Waals surface area contributed by atoms with E-state index in [0.29, 0.717) is 19.7 Å². The molecule has 0 saturated carbocycles. The summed E-state index contributed by atoms with van der Waals surface area (Å²) in [6.45, 7) is 6.13. The zero-order valence-corrected chi connectivity index (χ0v) is 19.8. The van der Waals surface area contributed by atoms with Gasteiger partial charge in [-0.2, -0.15) is 0 Å². The highest BCUT2D eigenvalue weighted by Crippen LogP contribution is 2.34. The third kappa shape index (κ3) is 4.03. The fraction of sp³-hybridized carbons (Fsp3) is 0.241. The van der Waals surface area contributed by atoms with Crippen LogP contribution in [0.1, 0.15) is 40.9 Å². The van der Waals surface area contributed by atoms with E-state index < -0.39 is 0 Å². The van der Waals surface area contributed by atoms with Gasteiger partial charge in [0.15, 0.2) is 0 Å². The molecule has 0 saturated heterocycles. The number of hydrogen-bond donors (Lipinski definition) is 1. The summed E-state index contributed by atoms with van der Waals surface area (Å²) in [6, 6.07) is 24.5. The second kappa shape index (κ2) is 8.92. The number of aromatic nitrogens is 1. The highest BCUT2D eigenvalue weighted by atomic mass is 16.5. The molecule has 1 aromatic heterocycles. The molecule has 172 valence electrons. The number of carbonyl (C=O) groups excluding carboxylic acids is 1. The van der Waals surface area contributed by atoms with E-state index in [4.69, 9.17) is 4.74 Å². The van der Waals surface area contributed by atoms with E-state index >= 15 is 0 Å². The van der Waals surface area contributed by atoms with Crippen molar-refractivity contribution in [2.24, 2.45) is 0 Å². The van der Waals surface area contributed by atoms with Gasteiger partial charge in [0.25, 0.3) is 5.91 Å². The lowest BCUT2D eigenvalue weighted by atomic mass is 9.85. The summed E-state index contributed by atoms with van der Waals surface area (Å²) < 4.78 is 5.37. The molecule has 0 radical (unpaired) electrons. The zero-order valence-electron chi connectivity index (χ0n) is 19.8. The van der Waals surface area contributed by atoms with Gasteiger partial charge in [-0.3, -0.25) is 9.78 Å². The molecule has 34 heavy (non-hydrogen) atoms. The summed E-state index contributed by atoms with van der Waals surface area (Å²) >= 11 is 0. The number of pyridine rings is 1. The highest BCUT2D eigenvalue weighted by Gasteiger charge is 2.31. The van der Waals surface area contributed by atoms with Crippen molar-refractivity contribution >= 4 is 28.2 Å². The summed E-state index contributed by atoms with van der Waals surface area (Å²) in [5.74, 6) is 0.0260. The molecule has 0 fully saturated rings. The largest absolute Gasteiger partial charge is 0.384 e. The maximum atomic E-state index is 13.5. The van der Waals surface area contributed by atoms with E-state index in [1.54, 1.807) is 7.11 Å². The quantitative estimate of drug-likeness (QED) is 0.378. The Balaban J connectivity index is 1.37. The number of para-hydroxylation sites is 1. The second-order valence-electron chi connectivity index (χ2n) is 9.44. The van der Waals surface area contributed by atoms with Gasteiger partial charge >= 0.3 is 0 Å². The predicted molar refractivity (Wildman–Crippen MR) is 137 cm³/mol. The molecule has 1 aliphatic heterocycles. The summed E-state index contributed by atoms with van der Waals surface area (Å²) in [6.07, 6.45) is 1.81. The van der Waals surface area contributed by atoms with Crippen molar-refractivity contribution in [1.82, 2.24) is 4.98 Å². The zero-order chi connectivity index (χ0) is 23.7. The Morgan fingerprint density at radius 3 is 2.56 bits per heavy atom. The van der Waals surface area contributed by atoms with Gasteiger partial charge < -0.3 is 15.0 Å². The van der Waals surface area contributed by atoms with Crippen LogP contribution in [0.3, 0.4) is 0 Å². The Labute approximate surface area is 200 Å². The van der Waals surface area contributed by atoms with Crippen molar-refractivity contribution in [2.75, 3.05) is 23.9 Å². The minimum Gasteiger partial charge on any atom is -0.384 e. The maximum absolute atomic E-state index is 13.5. The summed E-state index contributed by atoms with van der Waals surface area (Å²) in [4.78, 5) is 19.9. The lowest BCUT2D eigenvalue weighted by molar-refractivity contribution is 0.0997. The fourth-order valence-electron chi connectivity index (χ4n) is 4.75. The number of fused-ring (bicyclic) bond motifs is 2. The molecule has 5 rings (SSSR count). The van der Waals surface area contributed by atoms with E-state index in [0.717, 1.165) is 39.0 Å². The molecule has 0 spiro atoms. The van der Waals surface area contributed by atoms with E-state index in [2.05, 4.69) is 54.5 Å². The van der Waals surface area contributed by atoms with Crippen molar-refractivity contribution in [2.45, 2.75) is 32.4 Å². The van der Waals surface area contributed by atoms with Crippen LogP contribution in [-0.2, 0) is 23.2 Å². The minimum absolute atomic E-state index is 0.0260. The number of amides is 1. The van der Waals surface area contributed by atoms with Crippen LogP contribution in [0, 0.1) is 0 Å². The first kappa shape index (κ1) is 22.1. The maximum Gasteiger partial charge on any atom is 0.261 e. The summed E-state index contributed by atoms with van der Waals surface area (Å²) in [5.41, 5.74) is 6.74. The smallest absolute Gasteiger partial charge is 0.261 e. The van der Waals surface area contributed by atoms with Crippen LogP contribution in [0.4, 0.5) is 11.4 Å². The molecule has 0 unspecified atom stereocenters. The van der Waals surface area contributed by atoms with Crippen LogP contribution in [0.5, 0.6) is 0 Å². The van der Waals surface area contributed by atoms with Gasteiger partial charge in [-0.25, -0.2) is 0 Å². The molecule has 0 atom stereocenters. The lowest BCUT2D eigenvalue weighted by Gasteiger charge is -2.25. The van der Waals surface area contributed by atoms with Gasteiger partial charge in [0, 0.05) is 42.0 Å². The number of hydrogen-bond acceptors (Lipinski definition) is 4. The molecular weight excluding hydrogens is 422 g/mol. The van der Waals surface area contributed by atoms with Gasteiger partial charge in [0.05, 0.1) is 24.2 Å². The Hall–Kier alpha value is -3.70. The van der Waals surface area contributed by atoms with E-state index in [1.807, 2.05) is 53.6 Å². The average Bonchev–Trinajstić information content (AvgIpc) is 3.20. The molecule has 4 aromatic rings. The number of nitrogens with zero attached hydrogens (tertiary/aromatic N) is 2. The number of rotatable bonds is 7. The summed E-state index contributed by atoms with van der Waals surface area (Å²) in [7, 11) is 1.72. The SMILES string of the molecule is COCC(C)(C)c1ccc(N2Cc3cccc(NCc4cccc5cccnc45)c3C2=O)cc1. The molecule has 2 heterocycles. The van der Waals surface area contributed by atoms with E-state index in [1.165, 1.54) is 5.56 Å². The number of ether oxygens (including phenoxy) is 1. The normalized spacial score (nSPS) is 13.4. The number of carbonyl (C=O) groups is 1. The van der Waals surface area contributed by atoms with Gasteiger partial charge in [-0.15, -0.1) is 0 Å². The highest BCUT2D eigenvalue weighted by molar-refractivity contribution is 6.13. The molecule has 1 aliphatic rings. The fourth-order valence-corrected chi connectivity index (χ4v) is 4.75. The van der Waals surface area contributed by atoms with Crippen LogP contribution in [0.25, 0.3) is 10.9 Å². The third-order valence-electron chi connectivity index (χ3n) is 6.59. The molecule has 5 nitrogen and oxygen atoms in total. The lowest BCUT2D eigenvalue weighted by Crippen LogP contribution is -2.25. The molecule has 3 aromatic carbocycles. The van der Waals surface area contributed by atoms with Gasteiger partial charge in [0.1, 0.15) is 0 Å². The number of benzene rings is 3. The van der Waals surface area contributed by atoms with Gasteiger partial charge in [-0.1, -0.05) is 62.4 Å². The van der Waals surface area contributed by atoms with Gasteiger partial charge in [-0.05, 0) is 41.0 Å². The topological polar surface area (TPSA) is 54.5 Å². The average molecular weight is 452 g/mol. The first-order chi connectivity index (χ1) is 16.5. The van der Waals surface area contributed by atoms with Gasteiger partial charge in [0.2, 0.25) is 0 Å². The van der Waals surface area contributed by atoms with Crippen molar-refractivity contribution in [3.63, 3.8) is 0 Å². The Morgan fingerprint density at radius 1 is 1.00 bits per heavy atom. The monoisotopic (exact) mass is 451 g/mol. The predicted octanol–water partition coefficient (Wildman–Crippen LogP) is 5.93. The van der Waals surface area contributed by atoms with Crippen LogP contribution >= 0.6 is 0 Å². The molecule has 5 heteroatoms. The second-order valence-corrected chi connectivity index (χ2v) is 9.44. The molecule has 0 aliphatic carbocycles. The number of nitrogens with one attached hydrogen (secondary N) is 1. The molecule has 1 amide bonds. The van der Waals surface area contributed by atoms with Crippen LogP contribution < -0.4 is 10.2 Å². The van der Waals surface area contributed by atoms with Crippen LogP contribution in [0.2, 0.25) is 0 Å². The molecule has 1 N–H and O–H groups in total. The first-order valence-corrected chi connectivity index (χ1v) is 11.6. The Bertz CT molecular complexity index is 1340. The van der Waals surface area contributed by atoms with Crippen LogP contribution in [-0.4, -0.2) is 24.6 Å². The van der Waals surface area contributed by atoms with Crippen molar-refractivity contribution in [1.29, 1.82) is 0 Å². The minimum atomic E-state index is -0.0845.